The Kier molecular flexibility index (Phi) is 6.88. The van der Waals surface area contributed by atoms with Crippen LogP contribution in [0.15, 0.2) is 23.0 Å². The van der Waals surface area contributed by atoms with Gasteiger partial charge in [-0.3, -0.25) is 14.4 Å². The molecule has 3 heterocycles. The molecule has 0 saturated carbocycles. The highest BCUT2D eigenvalue weighted by Crippen LogP contribution is 2.40. The zero-order valence-electron chi connectivity index (χ0n) is 16.9. The van der Waals surface area contributed by atoms with E-state index in [0.717, 1.165) is 44.6 Å². The summed E-state index contributed by atoms with van der Waals surface area (Å²) in [6.07, 6.45) is 3.55. The van der Waals surface area contributed by atoms with Crippen molar-refractivity contribution in [2.24, 2.45) is 5.92 Å². The number of ether oxygens (including phenoxy) is 1. The van der Waals surface area contributed by atoms with E-state index in [9.17, 15) is 14.4 Å². The lowest BCUT2D eigenvalue weighted by Gasteiger charge is -2.47. The number of hydrogen-bond donors (Lipinski definition) is 1. The van der Waals surface area contributed by atoms with Crippen molar-refractivity contribution in [3.63, 3.8) is 0 Å². The summed E-state index contributed by atoms with van der Waals surface area (Å²) in [4.78, 5) is 38.4. The zero-order valence-corrected chi connectivity index (χ0v) is 16.9. The molecule has 3 rings (SSSR count). The lowest BCUT2D eigenvalue weighted by atomic mass is 9.78. The second-order valence-corrected chi connectivity index (χ2v) is 7.91. The first-order valence-corrected chi connectivity index (χ1v) is 10.3. The van der Waals surface area contributed by atoms with E-state index in [1.54, 1.807) is 6.07 Å². The van der Waals surface area contributed by atoms with E-state index in [1.165, 1.54) is 7.11 Å². The number of esters is 1. The maximum Gasteiger partial charge on any atom is 0.305 e. The number of carbonyl (C=O) groups is 2. The smallest absolute Gasteiger partial charge is 0.305 e. The van der Waals surface area contributed by atoms with Gasteiger partial charge in [-0.15, -0.1) is 0 Å². The van der Waals surface area contributed by atoms with Crippen LogP contribution >= 0.6 is 0 Å². The Balaban J connectivity index is 1.75. The fourth-order valence-corrected chi connectivity index (χ4v) is 4.66. The molecule has 3 atom stereocenters. The molecule has 1 amide bonds. The maximum atomic E-state index is 12.6. The van der Waals surface area contributed by atoms with Crippen LogP contribution in [0.3, 0.4) is 0 Å². The number of methoxy groups -OCH3 is 1. The fraction of sp³-hybridized carbons (Fsp3) is 0.667. The standard InChI is InChI=1S/C21H31N3O4/c1-3-6-19(25)22-12-18-16-11-15(17-7-4-8-20(26)24(17)18)13-23(14-16)10-5-9-21(27)28-2/h4,7-8,15-16,18H,3,5-6,9-14H2,1-2H3,(H,22,25)/t15-,16+,18+/m1/s1. The molecular weight excluding hydrogens is 358 g/mol. The van der Waals surface area contributed by atoms with Crippen LogP contribution in [0.5, 0.6) is 0 Å². The SMILES string of the molecule is CCCC(=O)NC[C@H]1[C@H]2C[C@H](CN(CCCC(=O)OC)C2)c2cccc(=O)n21. The summed E-state index contributed by atoms with van der Waals surface area (Å²) in [6, 6.07) is 5.46. The fourth-order valence-electron chi connectivity index (χ4n) is 4.66. The maximum absolute atomic E-state index is 12.6. The topological polar surface area (TPSA) is 80.6 Å². The molecule has 2 aliphatic rings. The molecule has 1 saturated heterocycles. The van der Waals surface area contributed by atoms with Crippen LogP contribution < -0.4 is 10.9 Å². The average molecular weight is 389 g/mol. The van der Waals surface area contributed by atoms with Gasteiger partial charge >= 0.3 is 5.97 Å². The number of carbonyl (C=O) groups excluding carboxylic acids is 2. The third kappa shape index (κ3) is 4.63. The second kappa shape index (κ2) is 9.37. The number of aromatic nitrogens is 1. The molecule has 1 aromatic heterocycles. The Morgan fingerprint density at radius 2 is 2.07 bits per heavy atom. The van der Waals surface area contributed by atoms with Gasteiger partial charge in [-0.1, -0.05) is 13.0 Å². The van der Waals surface area contributed by atoms with E-state index < -0.39 is 0 Å². The van der Waals surface area contributed by atoms with E-state index >= 15 is 0 Å². The summed E-state index contributed by atoms with van der Waals surface area (Å²) >= 11 is 0. The molecule has 0 radical (unpaired) electrons. The molecule has 0 aromatic carbocycles. The molecule has 28 heavy (non-hydrogen) atoms. The van der Waals surface area contributed by atoms with Gasteiger partial charge in [0.1, 0.15) is 0 Å². The molecule has 0 aliphatic carbocycles. The minimum absolute atomic E-state index is 0.0149. The van der Waals surface area contributed by atoms with Crippen molar-refractivity contribution in [1.29, 1.82) is 0 Å². The number of rotatable bonds is 8. The first-order valence-electron chi connectivity index (χ1n) is 10.3. The van der Waals surface area contributed by atoms with Gasteiger partial charge in [0.05, 0.1) is 13.2 Å². The van der Waals surface area contributed by atoms with Gasteiger partial charge in [0.2, 0.25) is 5.91 Å². The van der Waals surface area contributed by atoms with Crippen molar-refractivity contribution in [1.82, 2.24) is 14.8 Å². The van der Waals surface area contributed by atoms with Crippen LogP contribution in [0.25, 0.3) is 0 Å². The molecule has 1 fully saturated rings. The molecule has 2 bridgehead atoms. The number of amides is 1. The van der Waals surface area contributed by atoms with E-state index in [4.69, 9.17) is 4.74 Å². The molecule has 7 heteroatoms. The van der Waals surface area contributed by atoms with Crippen LogP contribution in [0.1, 0.15) is 56.7 Å². The van der Waals surface area contributed by atoms with Crippen molar-refractivity contribution in [2.75, 3.05) is 33.3 Å². The Morgan fingerprint density at radius 1 is 1.25 bits per heavy atom. The van der Waals surface area contributed by atoms with Crippen molar-refractivity contribution in [2.45, 2.75) is 51.0 Å². The lowest BCUT2D eigenvalue weighted by molar-refractivity contribution is -0.140. The van der Waals surface area contributed by atoms with Crippen molar-refractivity contribution in [3.05, 3.63) is 34.2 Å². The van der Waals surface area contributed by atoms with Crippen LogP contribution in [-0.4, -0.2) is 54.6 Å². The number of hydrogen-bond acceptors (Lipinski definition) is 5. The van der Waals surface area contributed by atoms with E-state index in [-0.39, 0.29) is 23.5 Å². The number of nitrogens with zero attached hydrogens (tertiary/aromatic N) is 2. The highest BCUT2D eigenvalue weighted by Gasteiger charge is 2.40. The van der Waals surface area contributed by atoms with Crippen LogP contribution in [-0.2, 0) is 14.3 Å². The number of nitrogens with one attached hydrogen (secondary N) is 1. The van der Waals surface area contributed by atoms with Crippen molar-refractivity contribution in [3.8, 4) is 0 Å². The molecule has 1 N–H and O–H groups in total. The predicted octanol–water partition coefficient (Wildman–Crippen LogP) is 1.68. The lowest BCUT2D eigenvalue weighted by Crippen LogP contribution is -2.52. The molecule has 1 aromatic rings. The predicted molar refractivity (Wildman–Crippen MR) is 106 cm³/mol. The van der Waals surface area contributed by atoms with Crippen molar-refractivity contribution >= 4 is 11.9 Å². The van der Waals surface area contributed by atoms with Crippen LogP contribution in [0.2, 0.25) is 0 Å². The highest BCUT2D eigenvalue weighted by molar-refractivity contribution is 5.75. The number of piperidine rings is 1. The van der Waals surface area contributed by atoms with Gasteiger partial charge in [0.25, 0.3) is 5.56 Å². The molecule has 0 spiro atoms. The summed E-state index contributed by atoms with van der Waals surface area (Å²) in [5, 5.41) is 3.03. The van der Waals surface area contributed by atoms with Crippen molar-refractivity contribution < 1.29 is 14.3 Å². The summed E-state index contributed by atoms with van der Waals surface area (Å²) in [6.45, 7) is 5.10. The Labute approximate surface area is 166 Å². The minimum atomic E-state index is -0.175. The minimum Gasteiger partial charge on any atom is -0.469 e. The average Bonchev–Trinajstić information content (AvgIpc) is 2.68. The van der Waals surface area contributed by atoms with Gasteiger partial charge in [-0.05, 0) is 37.8 Å². The molecule has 154 valence electrons. The largest absolute Gasteiger partial charge is 0.469 e. The second-order valence-electron chi connectivity index (χ2n) is 7.91. The summed E-state index contributed by atoms with van der Waals surface area (Å²) in [7, 11) is 1.42. The first kappa shape index (κ1) is 20.6. The Bertz CT molecular complexity index is 760. The Hall–Kier alpha value is -2.15. The van der Waals surface area contributed by atoms with E-state index in [2.05, 4.69) is 10.2 Å². The quantitative estimate of drug-likeness (QED) is 0.684. The van der Waals surface area contributed by atoms with Crippen LogP contribution in [0, 0.1) is 5.92 Å². The van der Waals surface area contributed by atoms with Gasteiger partial charge in [-0.2, -0.15) is 0 Å². The van der Waals surface area contributed by atoms with Gasteiger partial charge in [0.15, 0.2) is 0 Å². The van der Waals surface area contributed by atoms with Gasteiger partial charge in [0, 0.05) is 50.2 Å². The molecular formula is C21H31N3O4. The first-order chi connectivity index (χ1) is 13.5. The van der Waals surface area contributed by atoms with Gasteiger partial charge in [-0.25, -0.2) is 0 Å². The number of fused-ring (bicyclic) bond motifs is 4. The van der Waals surface area contributed by atoms with Crippen LogP contribution in [0.4, 0.5) is 0 Å². The normalized spacial score (nSPS) is 23.7. The van der Waals surface area contributed by atoms with E-state index in [0.29, 0.717) is 31.2 Å². The number of likely N-dealkylation sites (tertiary alicyclic amines) is 1. The number of pyridine rings is 1. The third-order valence-electron chi connectivity index (χ3n) is 5.94. The Morgan fingerprint density at radius 3 is 2.82 bits per heavy atom. The highest BCUT2D eigenvalue weighted by atomic mass is 16.5. The van der Waals surface area contributed by atoms with E-state index in [1.807, 2.05) is 23.6 Å². The third-order valence-corrected chi connectivity index (χ3v) is 5.94. The molecule has 7 nitrogen and oxygen atoms in total. The monoisotopic (exact) mass is 389 g/mol. The molecule has 2 aliphatic heterocycles. The van der Waals surface area contributed by atoms with Gasteiger partial charge < -0.3 is 19.5 Å². The summed E-state index contributed by atoms with van der Waals surface area (Å²) in [5.41, 5.74) is 1.08. The zero-order chi connectivity index (χ0) is 20.1. The summed E-state index contributed by atoms with van der Waals surface area (Å²) < 4.78 is 6.64. The molecule has 0 unspecified atom stereocenters. The summed E-state index contributed by atoms with van der Waals surface area (Å²) in [5.74, 6) is 0.492.